The van der Waals surface area contributed by atoms with Crippen LogP contribution in [-0.2, 0) is 11.3 Å². The third kappa shape index (κ3) is 1.40. The first-order valence-corrected chi connectivity index (χ1v) is 3.91. The molecule has 0 radical (unpaired) electrons. The van der Waals surface area contributed by atoms with Crippen molar-refractivity contribution in [2.24, 2.45) is 0 Å². The molecule has 0 saturated heterocycles. The lowest BCUT2D eigenvalue weighted by Crippen LogP contribution is -2.11. The molecule has 1 aromatic rings. The van der Waals surface area contributed by atoms with E-state index in [2.05, 4.69) is 0 Å². The summed E-state index contributed by atoms with van der Waals surface area (Å²) in [4.78, 5) is 0. The molecule has 0 bridgehead atoms. The first-order chi connectivity index (χ1) is 6.31. The second-order valence-corrected chi connectivity index (χ2v) is 2.74. The highest BCUT2D eigenvalue weighted by Crippen LogP contribution is 2.35. The zero-order valence-corrected chi connectivity index (χ0v) is 7.24. The van der Waals surface area contributed by atoms with E-state index in [0.717, 1.165) is 5.56 Å². The van der Waals surface area contributed by atoms with Crippen molar-refractivity contribution in [3.05, 3.63) is 17.7 Å². The van der Waals surface area contributed by atoms with Crippen LogP contribution in [0.15, 0.2) is 12.1 Å². The molecule has 4 heteroatoms. The molecule has 70 valence electrons. The molecule has 0 aromatic heterocycles. The number of methoxy groups -OCH3 is 1. The van der Waals surface area contributed by atoms with Gasteiger partial charge in [-0.3, -0.25) is 0 Å². The topological polar surface area (TPSA) is 47.9 Å². The van der Waals surface area contributed by atoms with Crippen LogP contribution in [0.5, 0.6) is 17.2 Å². The zero-order chi connectivity index (χ0) is 9.26. The molecule has 0 atom stereocenters. The molecule has 0 unspecified atom stereocenters. The third-order valence-corrected chi connectivity index (χ3v) is 1.92. The van der Waals surface area contributed by atoms with Crippen molar-refractivity contribution in [3.8, 4) is 17.2 Å². The van der Waals surface area contributed by atoms with E-state index < -0.39 is 0 Å². The maximum absolute atomic E-state index is 9.42. The van der Waals surface area contributed by atoms with Gasteiger partial charge in [0.05, 0.1) is 13.7 Å². The molecule has 0 aliphatic carbocycles. The Morgan fingerprint density at radius 3 is 3.08 bits per heavy atom. The molecule has 0 spiro atoms. The minimum Gasteiger partial charge on any atom is -0.504 e. The van der Waals surface area contributed by atoms with Crippen molar-refractivity contribution in [3.63, 3.8) is 0 Å². The van der Waals surface area contributed by atoms with Crippen LogP contribution in [0.25, 0.3) is 0 Å². The van der Waals surface area contributed by atoms with Crippen molar-refractivity contribution >= 4 is 0 Å². The summed E-state index contributed by atoms with van der Waals surface area (Å²) in [5, 5.41) is 9.42. The predicted octanol–water partition coefficient (Wildman–Crippen LogP) is 1.27. The van der Waals surface area contributed by atoms with Gasteiger partial charge in [-0.15, -0.1) is 0 Å². The van der Waals surface area contributed by atoms with Crippen LogP contribution in [0.1, 0.15) is 5.56 Å². The lowest BCUT2D eigenvalue weighted by Gasteiger charge is -2.18. The molecule has 0 fully saturated rings. The van der Waals surface area contributed by atoms with Gasteiger partial charge in [-0.25, -0.2) is 0 Å². The van der Waals surface area contributed by atoms with E-state index in [9.17, 15) is 5.11 Å². The fourth-order valence-electron chi connectivity index (χ4n) is 1.26. The Labute approximate surface area is 75.7 Å². The molecule has 0 saturated carbocycles. The predicted molar refractivity (Wildman–Crippen MR) is 44.9 cm³/mol. The summed E-state index contributed by atoms with van der Waals surface area (Å²) in [5.41, 5.74) is 0.890. The molecule has 0 amide bonds. The molecule has 1 aliphatic heterocycles. The maximum atomic E-state index is 9.42. The number of rotatable bonds is 1. The number of phenols is 1. The Bertz CT molecular complexity index is 322. The molecule has 1 N–H and O–H groups in total. The number of phenolic OH excluding ortho intramolecular Hbond substituents is 1. The van der Waals surface area contributed by atoms with Gasteiger partial charge >= 0.3 is 0 Å². The average Bonchev–Trinajstić information content (AvgIpc) is 2.17. The monoisotopic (exact) mass is 182 g/mol. The Hall–Kier alpha value is -1.42. The van der Waals surface area contributed by atoms with Crippen LogP contribution in [0.4, 0.5) is 0 Å². The standard InChI is InChI=1S/C9H10O4/c1-11-9-2-6-4-12-5-13-8(6)3-7(9)10/h2-3,10H,4-5H2,1H3. The van der Waals surface area contributed by atoms with Crippen LogP contribution in [-0.4, -0.2) is 19.0 Å². The number of hydrogen-bond acceptors (Lipinski definition) is 4. The molecular formula is C9H10O4. The van der Waals surface area contributed by atoms with Gasteiger partial charge < -0.3 is 19.3 Å². The molecule has 4 nitrogen and oxygen atoms in total. The zero-order valence-electron chi connectivity index (χ0n) is 7.24. The molecule has 2 rings (SSSR count). The second kappa shape index (κ2) is 3.14. The SMILES string of the molecule is COc1cc2c(cc1O)OCOC2. The number of benzene rings is 1. The number of ether oxygens (including phenoxy) is 3. The first kappa shape index (κ1) is 8.19. The highest BCUT2D eigenvalue weighted by molar-refractivity contribution is 5.49. The average molecular weight is 182 g/mol. The van der Waals surface area contributed by atoms with Crippen LogP contribution in [0, 0.1) is 0 Å². The summed E-state index contributed by atoms with van der Waals surface area (Å²) in [6.45, 7) is 0.727. The van der Waals surface area contributed by atoms with E-state index in [1.54, 1.807) is 6.07 Å². The van der Waals surface area contributed by atoms with Gasteiger partial charge in [-0.1, -0.05) is 0 Å². The van der Waals surface area contributed by atoms with E-state index in [1.807, 2.05) is 0 Å². The van der Waals surface area contributed by atoms with E-state index >= 15 is 0 Å². The molecule has 1 aliphatic rings. The normalized spacial score (nSPS) is 14.5. The Morgan fingerprint density at radius 2 is 2.31 bits per heavy atom. The molecular weight excluding hydrogens is 172 g/mol. The highest BCUT2D eigenvalue weighted by atomic mass is 16.7. The van der Waals surface area contributed by atoms with Gasteiger partial charge in [0, 0.05) is 11.6 Å². The lowest BCUT2D eigenvalue weighted by molar-refractivity contribution is -0.0166. The van der Waals surface area contributed by atoms with E-state index in [-0.39, 0.29) is 12.5 Å². The van der Waals surface area contributed by atoms with Crippen molar-refractivity contribution in [1.82, 2.24) is 0 Å². The van der Waals surface area contributed by atoms with Gasteiger partial charge in [-0.05, 0) is 6.07 Å². The van der Waals surface area contributed by atoms with Crippen LogP contribution >= 0.6 is 0 Å². The minimum atomic E-state index is 0.0863. The molecule has 1 heterocycles. The number of hydrogen-bond donors (Lipinski definition) is 1. The van der Waals surface area contributed by atoms with Crippen LogP contribution < -0.4 is 9.47 Å². The highest BCUT2D eigenvalue weighted by Gasteiger charge is 2.14. The van der Waals surface area contributed by atoms with Crippen LogP contribution in [0.3, 0.4) is 0 Å². The quantitative estimate of drug-likeness (QED) is 0.710. The van der Waals surface area contributed by atoms with Crippen molar-refractivity contribution in [2.75, 3.05) is 13.9 Å². The summed E-state index contributed by atoms with van der Waals surface area (Å²) in [6.07, 6.45) is 0. The summed E-state index contributed by atoms with van der Waals surface area (Å²) >= 11 is 0. The van der Waals surface area contributed by atoms with Gasteiger partial charge in [-0.2, -0.15) is 0 Å². The summed E-state index contributed by atoms with van der Waals surface area (Å²) in [5.74, 6) is 1.18. The van der Waals surface area contributed by atoms with Gasteiger partial charge in [0.1, 0.15) is 5.75 Å². The minimum absolute atomic E-state index is 0.0863. The van der Waals surface area contributed by atoms with Crippen molar-refractivity contribution in [1.29, 1.82) is 0 Å². The van der Waals surface area contributed by atoms with E-state index in [4.69, 9.17) is 14.2 Å². The fraction of sp³-hybridized carbons (Fsp3) is 0.333. The summed E-state index contributed by atoms with van der Waals surface area (Å²) in [6, 6.07) is 3.25. The maximum Gasteiger partial charge on any atom is 0.189 e. The number of aromatic hydroxyl groups is 1. The molecule has 13 heavy (non-hydrogen) atoms. The third-order valence-electron chi connectivity index (χ3n) is 1.92. The Morgan fingerprint density at radius 1 is 1.46 bits per heavy atom. The van der Waals surface area contributed by atoms with Gasteiger partial charge in [0.25, 0.3) is 0 Å². The van der Waals surface area contributed by atoms with Crippen molar-refractivity contribution < 1.29 is 19.3 Å². The fourth-order valence-corrected chi connectivity index (χ4v) is 1.26. The Kier molecular flexibility index (Phi) is 1.98. The van der Waals surface area contributed by atoms with Gasteiger partial charge in [0.2, 0.25) is 0 Å². The van der Waals surface area contributed by atoms with Gasteiger partial charge in [0.15, 0.2) is 18.3 Å². The second-order valence-electron chi connectivity index (χ2n) is 2.74. The van der Waals surface area contributed by atoms with E-state index in [1.165, 1.54) is 13.2 Å². The smallest absolute Gasteiger partial charge is 0.189 e. The molecule has 1 aromatic carbocycles. The summed E-state index contributed by atoms with van der Waals surface area (Å²) < 4.78 is 15.2. The Balaban J connectivity index is 2.44. The van der Waals surface area contributed by atoms with Crippen molar-refractivity contribution in [2.45, 2.75) is 6.61 Å². The lowest BCUT2D eigenvalue weighted by atomic mass is 10.2. The largest absolute Gasteiger partial charge is 0.504 e. The first-order valence-electron chi connectivity index (χ1n) is 3.91. The summed E-state index contributed by atoms with van der Waals surface area (Å²) in [7, 11) is 1.51. The van der Waals surface area contributed by atoms with E-state index in [0.29, 0.717) is 18.1 Å². The van der Waals surface area contributed by atoms with Crippen LogP contribution in [0.2, 0.25) is 0 Å². The number of fused-ring (bicyclic) bond motifs is 1.